The highest BCUT2D eigenvalue weighted by molar-refractivity contribution is 6.30. The number of methoxy groups -OCH3 is 1. The number of piperidine rings is 1. The first-order valence-corrected chi connectivity index (χ1v) is 11.7. The summed E-state index contributed by atoms with van der Waals surface area (Å²) in [7, 11) is 1.69. The molecule has 1 saturated heterocycles. The number of nitrogens with one attached hydrogen (secondary N) is 2. The summed E-state index contributed by atoms with van der Waals surface area (Å²) in [6.45, 7) is 3.44. The van der Waals surface area contributed by atoms with Crippen LogP contribution in [0.4, 0.5) is 25.1 Å². The predicted molar refractivity (Wildman–Crippen MR) is 127 cm³/mol. The van der Waals surface area contributed by atoms with E-state index in [-0.39, 0.29) is 28.7 Å². The van der Waals surface area contributed by atoms with Crippen LogP contribution in [0.5, 0.6) is 5.75 Å². The molecule has 12 heteroatoms. The lowest BCUT2D eigenvalue weighted by Gasteiger charge is -2.32. The summed E-state index contributed by atoms with van der Waals surface area (Å²) >= 11 is 6.39. The summed E-state index contributed by atoms with van der Waals surface area (Å²) in [6.07, 6.45) is -0.142. The normalized spacial score (nSPS) is 22.0. The Labute approximate surface area is 206 Å². The lowest BCUT2D eigenvalue weighted by Crippen LogP contribution is -2.39. The molecule has 190 valence electrons. The van der Waals surface area contributed by atoms with Crippen LogP contribution in [0.25, 0.3) is 0 Å². The zero-order valence-electron chi connectivity index (χ0n) is 19.2. The average Bonchev–Trinajstić information content (AvgIpc) is 3.23. The van der Waals surface area contributed by atoms with Crippen LogP contribution in [-0.4, -0.2) is 65.7 Å². The van der Waals surface area contributed by atoms with Crippen LogP contribution in [0.2, 0.25) is 0 Å². The molecule has 0 bridgehead atoms. The molecule has 0 saturated carbocycles. The van der Waals surface area contributed by atoms with E-state index in [0.717, 1.165) is 38.6 Å². The number of ether oxygens (including phenoxy) is 2. The number of H-pyrrole nitrogens is 1. The highest BCUT2D eigenvalue weighted by Gasteiger charge is 2.46. The van der Waals surface area contributed by atoms with Gasteiger partial charge < -0.3 is 25.4 Å². The summed E-state index contributed by atoms with van der Waals surface area (Å²) < 4.78 is 53.2. The zero-order chi connectivity index (χ0) is 25.0. The van der Waals surface area contributed by atoms with E-state index >= 15 is 0 Å². The van der Waals surface area contributed by atoms with Gasteiger partial charge in [0.1, 0.15) is 11.9 Å². The van der Waals surface area contributed by atoms with Gasteiger partial charge >= 0.3 is 6.18 Å². The van der Waals surface area contributed by atoms with Gasteiger partial charge in [0.2, 0.25) is 11.9 Å². The molecule has 1 aromatic heterocycles. The Bertz CT molecular complexity index is 1050. The fraction of sp³-hybridized carbons (Fsp3) is 0.478. The van der Waals surface area contributed by atoms with Crippen LogP contribution >= 0.6 is 11.6 Å². The molecule has 4 N–H and O–H groups in total. The van der Waals surface area contributed by atoms with Crippen molar-refractivity contribution in [1.82, 2.24) is 20.1 Å². The number of alkyl halides is 3. The molecular formula is C23H28ClF3N6O2. The minimum atomic E-state index is -4.52. The second kappa shape index (κ2) is 10.9. The molecule has 1 aliphatic heterocycles. The second-order valence-electron chi connectivity index (χ2n) is 8.59. The number of aromatic amines is 1. The number of nitrogens with two attached hydrogens (primary N) is 1. The molecule has 2 unspecified atom stereocenters. The third kappa shape index (κ3) is 6.47. The minimum Gasteiger partial charge on any atom is -0.490 e. The fourth-order valence-electron chi connectivity index (χ4n) is 4.35. The van der Waals surface area contributed by atoms with Gasteiger partial charge in [0.15, 0.2) is 0 Å². The Morgan fingerprint density at radius 3 is 2.54 bits per heavy atom. The summed E-state index contributed by atoms with van der Waals surface area (Å²) in [5.74, 6) is -2.17. The predicted octanol–water partition coefficient (Wildman–Crippen LogP) is 4.27. The van der Waals surface area contributed by atoms with Crippen molar-refractivity contribution in [3.8, 4) is 5.75 Å². The second-order valence-corrected chi connectivity index (χ2v) is 9.02. The van der Waals surface area contributed by atoms with Crippen molar-refractivity contribution in [1.29, 1.82) is 0 Å². The van der Waals surface area contributed by atoms with E-state index in [1.54, 1.807) is 31.4 Å². The zero-order valence-corrected chi connectivity index (χ0v) is 19.9. The van der Waals surface area contributed by atoms with Crippen LogP contribution in [0.3, 0.4) is 0 Å². The summed E-state index contributed by atoms with van der Waals surface area (Å²) in [5.41, 5.74) is 6.07. The standard InChI is InChI=1S/C23H28ClF3N6O2/c1-34-11-10-33-8-6-17(7-9-33)35-16-4-2-14(3-5-16)20-18(23(25,26)27)12-15(13-19(20)24)29-22-30-21(28)31-32-22/h2-5,12-13,17-18,20H,6-11H2,1H3,(H4,28,29,30,31,32). The van der Waals surface area contributed by atoms with Gasteiger partial charge in [0.25, 0.3) is 0 Å². The SMILES string of the molecule is COCCN1CCC(Oc2ccc(C3C(Cl)=CC(Nc4n[nH]c(N)n4)=CC3C(F)(F)F)cc2)CC1. The number of allylic oxidation sites excluding steroid dienone is 3. The molecule has 1 aromatic carbocycles. The van der Waals surface area contributed by atoms with Crippen molar-refractivity contribution in [2.45, 2.75) is 31.0 Å². The van der Waals surface area contributed by atoms with Crippen molar-refractivity contribution in [2.24, 2.45) is 5.92 Å². The average molecular weight is 513 g/mol. The maximum Gasteiger partial charge on any atom is 0.396 e. The number of benzene rings is 1. The van der Waals surface area contributed by atoms with Crippen molar-refractivity contribution in [3.63, 3.8) is 0 Å². The first-order valence-electron chi connectivity index (χ1n) is 11.3. The number of anilines is 2. The third-order valence-electron chi connectivity index (χ3n) is 6.13. The summed E-state index contributed by atoms with van der Waals surface area (Å²) in [5, 5.41) is 8.97. The summed E-state index contributed by atoms with van der Waals surface area (Å²) in [4.78, 5) is 6.18. The molecule has 1 fully saturated rings. The van der Waals surface area contributed by atoms with Gasteiger partial charge in [-0.3, -0.25) is 0 Å². The van der Waals surface area contributed by atoms with Crippen LogP contribution < -0.4 is 15.8 Å². The molecule has 0 radical (unpaired) electrons. The topological polar surface area (TPSA) is 101 Å². The van der Waals surface area contributed by atoms with Gasteiger partial charge in [-0.05, 0) is 42.7 Å². The molecule has 0 amide bonds. The first kappa shape index (κ1) is 25.3. The van der Waals surface area contributed by atoms with Crippen molar-refractivity contribution in [2.75, 3.05) is 44.4 Å². The monoisotopic (exact) mass is 512 g/mol. The van der Waals surface area contributed by atoms with E-state index in [0.29, 0.717) is 17.9 Å². The molecule has 8 nitrogen and oxygen atoms in total. The number of hydrogen-bond acceptors (Lipinski definition) is 7. The van der Waals surface area contributed by atoms with Crippen molar-refractivity contribution in [3.05, 3.63) is 52.7 Å². The molecule has 4 rings (SSSR count). The van der Waals surface area contributed by atoms with Crippen LogP contribution in [0, 0.1) is 5.92 Å². The highest BCUT2D eigenvalue weighted by atomic mass is 35.5. The Morgan fingerprint density at radius 2 is 1.94 bits per heavy atom. The van der Waals surface area contributed by atoms with Crippen molar-refractivity contribution < 1.29 is 22.6 Å². The van der Waals surface area contributed by atoms with Gasteiger partial charge in [0, 0.05) is 43.4 Å². The third-order valence-corrected chi connectivity index (χ3v) is 6.48. The van der Waals surface area contributed by atoms with Crippen LogP contribution in [0.15, 0.2) is 47.1 Å². The number of halogens is 4. The van der Waals surface area contributed by atoms with E-state index in [4.69, 9.17) is 26.8 Å². The maximum absolute atomic E-state index is 14.0. The van der Waals surface area contributed by atoms with Gasteiger partial charge in [-0.15, -0.1) is 5.10 Å². The van der Waals surface area contributed by atoms with Gasteiger partial charge in [-0.1, -0.05) is 23.7 Å². The Kier molecular flexibility index (Phi) is 7.88. The Morgan fingerprint density at radius 1 is 1.23 bits per heavy atom. The van der Waals surface area contributed by atoms with E-state index in [2.05, 4.69) is 25.4 Å². The summed E-state index contributed by atoms with van der Waals surface area (Å²) in [6, 6.07) is 6.70. The largest absolute Gasteiger partial charge is 0.490 e. The lowest BCUT2D eigenvalue weighted by atomic mass is 9.81. The van der Waals surface area contributed by atoms with Gasteiger partial charge in [-0.25, -0.2) is 5.10 Å². The number of hydrogen-bond donors (Lipinski definition) is 3. The first-order chi connectivity index (χ1) is 16.7. The Hall–Kier alpha value is -2.76. The van der Waals surface area contributed by atoms with Crippen LogP contribution in [-0.2, 0) is 4.74 Å². The number of aromatic nitrogens is 3. The molecule has 2 aromatic rings. The minimum absolute atomic E-state index is 0.0446. The van der Waals surface area contributed by atoms with E-state index in [9.17, 15) is 13.2 Å². The number of nitrogens with zero attached hydrogens (tertiary/aromatic N) is 3. The van der Waals surface area contributed by atoms with E-state index < -0.39 is 18.0 Å². The van der Waals surface area contributed by atoms with Crippen LogP contribution in [0.1, 0.15) is 24.3 Å². The quantitative estimate of drug-likeness (QED) is 0.485. The molecule has 2 atom stereocenters. The van der Waals surface area contributed by atoms with Crippen molar-refractivity contribution >= 4 is 23.5 Å². The number of rotatable bonds is 8. The van der Waals surface area contributed by atoms with Gasteiger partial charge in [-0.2, -0.15) is 18.2 Å². The fourth-order valence-corrected chi connectivity index (χ4v) is 4.73. The lowest BCUT2D eigenvalue weighted by molar-refractivity contribution is -0.164. The molecule has 2 aliphatic rings. The van der Waals surface area contributed by atoms with E-state index in [1.165, 1.54) is 6.08 Å². The molecule has 2 heterocycles. The molecule has 1 aliphatic carbocycles. The molecule has 35 heavy (non-hydrogen) atoms. The smallest absolute Gasteiger partial charge is 0.396 e. The molecule has 0 spiro atoms. The highest BCUT2D eigenvalue weighted by Crippen LogP contribution is 2.47. The molecular weight excluding hydrogens is 485 g/mol. The number of nitrogen functional groups attached to an aromatic ring is 1. The van der Waals surface area contributed by atoms with E-state index in [1.807, 2.05) is 0 Å². The maximum atomic E-state index is 14.0. The Balaban J connectivity index is 1.43. The van der Waals surface area contributed by atoms with Gasteiger partial charge in [0.05, 0.1) is 12.5 Å². The number of likely N-dealkylation sites (tertiary alicyclic amines) is 1.